The number of hydrogen-bond acceptors (Lipinski definition) is 5. The number of rotatable bonds is 7. The van der Waals surface area contributed by atoms with Crippen LogP contribution in [0.2, 0.25) is 0 Å². The average Bonchev–Trinajstić information content (AvgIpc) is 3.33. The van der Waals surface area contributed by atoms with E-state index in [0.717, 1.165) is 30.6 Å². The van der Waals surface area contributed by atoms with Crippen LogP contribution in [-0.4, -0.2) is 65.8 Å². The van der Waals surface area contributed by atoms with Crippen LogP contribution in [0.5, 0.6) is 5.75 Å². The van der Waals surface area contributed by atoms with Crippen LogP contribution >= 0.6 is 0 Å². The van der Waals surface area contributed by atoms with Gasteiger partial charge in [-0.2, -0.15) is 0 Å². The van der Waals surface area contributed by atoms with E-state index in [4.69, 9.17) is 0 Å². The van der Waals surface area contributed by atoms with Gasteiger partial charge < -0.3 is 25.3 Å². The van der Waals surface area contributed by atoms with E-state index >= 15 is 0 Å². The topological polar surface area (TPSA) is 101 Å². The highest BCUT2D eigenvalue weighted by Gasteiger charge is 2.32. The highest BCUT2D eigenvalue weighted by Crippen LogP contribution is 2.37. The van der Waals surface area contributed by atoms with E-state index in [2.05, 4.69) is 15.3 Å². The number of likely N-dealkylation sites (N-methyl/N-ethyl adjacent to an activating group) is 2. The number of H-pyrrole nitrogens is 2. The third-order valence-corrected chi connectivity index (χ3v) is 5.62. The summed E-state index contributed by atoms with van der Waals surface area (Å²) in [4.78, 5) is 34.4. The Morgan fingerprint density at radius 1 is 1.03 bits per heavy atom. The molecule has 0 atom stereocenters. The second kappa shape index (κ2) is 7.93. The summed E-state index contributed by atoms with van der Waals surface area (Å²) in [6.07, 6.45) is 6.83. The Morgan fingerprint density at radius 2 is 1.80 bits per heavy atom. The van der Waals surface area contributed by atoms with Crippen molar-refractivity contribution in [2.45, 2.75) is 12.8 Å². The molecule has 1 aliphatic carbocycles. The number of fused-ring (bicyclic) bond motifs is 2. The summed E-state index contributed by atoms with van der Waals surface area (Å²) in [5, 5.41) is 14.2. The van der Waals surface area contributed by atoms with Gasteiger partial charge in [0.15, 0.2) is 0 Å². The number of benzene rings is 1. The summed E-state index contributed by atoms with van der Waals surface area (Å²) < 4.78 is 0. The van der Waals surface area contributed by atoms with Gasteiger partial charge in [0, 0.05) is 35.5 Å². The smallest absolute Gasteiger partial charge is 0.235 e. The molecule has 4 N–H and O–H groups in total. The summed E-state index contributed by atoms with van der Waals surface area (Å²) in [5.41, 5.74) is 4.56. The Morgan fingerprint density at radius 3 is 2.53 bits per heavy atom. The number of phenolic OH excluding ortho intramolecular Hbond substituents is 1. The molecular weight excluding hydrogens is 380 g/mol. The minimum Gasteiger partial charge on any atom is -0.507 e. The molecule has 7 heteroatoms. The van der Waals surface area contributed by atoms with Crippen LogP contribution < -0.4 is 5.32 Å². The van der Waals surface area contributed by atoms with Crippen molar-refractivity contribution in [1.29, 1.82) is 0 Å². The van der Waals surface area contributed by atoms with Crippen molar-refractivity contribution in [3.05, 3.63) is 52.5 Å². The van der Waals surface area contributed by atoms with Crippen LogP contribution in [0.3, 0.4) is 0 Å². The van der Waals surface area contributed by atoms with Crippen molar-refractivity contribution in [3.8, 4) is 5.75 Å². The molecule has 0 saturated carbocycles. The van der Waals surface area contributed by atoms with Crippen molar-refractivity contribution >= 4 is 34.1 Å². The summed E-state index contributed by atoms with van der Waals surface area (Å²) in [7, 11) is 5.82. The predicted octanol–water partition coefficient (Wildman–Crippen LogP) is 2.37. The number of carbonyl (C=O) groups excluding carboxylic acids is 2. The van der Waals surface area contributed by atoms with E-state index in [-0.39, 0.29) is 5.75 Å². The Bertz CT molecular complexity index is 1170. The van der Waals surface area contributed by atoms with E-state index in [0.29, 0.717) is 39.7 Å². The number of phenols is 1. The lowest BCUT2D eigenvalue weighted by Crippen LogP contribution is -2.22. The van der Waals surface area contributed by atoms with Gasteiger partial charge in [-0.1, -0.05) is 0 Å². The zero-order valence-electron chi connectivity index (χ0n) is 17.4. The number of carbonyl (C=O) groups is 2. The molecule has 1 aromatic carbocycles. The van der Waals surface area contributed by atoms with Crippen molar-refractivity contribution in [2.75, 3.05) is 34.2 Å². The number of ketones is 2. The molecular formula is C23H26N4O3. The van der Waals surface area contributed by atoms with Crippen molar-refractivity contribution in [1.82, 2.24) is 20.2 Å². The van der Waals surface area contributed by atoms with E-state index < -0.39 is 11.6 Å². The summed E-state index contributed by atoms with van der Waals surface area (Å²) in [6.45, 7) is 1.55. The Balaban J connectivity index is 1.80. The van der Waals surface area contributed by atoms with Crippen LogP contribution in [0.4, 0.5) is 0 Å². The van der Waals surface area contributed by atoms with Gasteiger partial charge in [-0.05, 0) is 69.9 Å². The fraction of sp³-hybridized carbons (Fsp3) is 0.304. The van der Waals surface area contributed by atoms with E-state index in [1.165, 1.54) is 0 Å². The zero-order chi connectivity index (χ0) is 21.4. The Hall–Kier alpha value is -3.16. The van der Waals surface area contributed by atoms with Crippen LogP contribution in [0.15, 0.2) is 24.5 Å². The third-order valence-electron chi connectivity index (χ3n) is 5.62. The predicted molar refractivity (Wildman–Crippen MR) is 118 cm³/mol. The lowest BCUT2D eigenvalue weighted by Gasteiger charge is -2.15. The minimum absolute atomic E-state index is 0.155. The maximum absolute atomic E-state index is 13.1. The lowest BCUT2D eigenvalue weighted by molar-refractivity contribution is -0.110. The minimum atomic E-state index is -0.522. The molecule has 0 radical (unpaired) electrons. The molecule has 0 amide bonds. The lowest BCUT2D eigenvalue weighted by atomic mass is 9.87. The van der Waals surface area contributed by atoms with Crippen LogP contribution in [-0.2, 0) is 17.6 Å². The van der Waals surface area contributed by atoms with Crippen molar-refractivity contribution < 1.29 is 14.7 Å². The first kappa shape index (κ1) is 20.1. The quantitative estimate of drug-likeness (QED) is 0.451. The molecule has 4 rings (SSSR count). The van der Waals surface area contributed by atoms with Crippen LogP contribution in [0.1, 0.15) is 32.7 Å². The second-order valence-electron chi connectivity index (χ2n) is 7.92. The van der Waals surface area contributed by atoms with Gasteiger partial charge in [-0.3, -0.25) is 9.59 Å². The standard InChI is InChI=1S/C23H26N4O3/c1-24-8-6-13-12-26-21-15(4-5-18(28)20(13)21)16-10-17-19(23(30)22(16)29)14(11-25-17)7-9-27(2)3/h4-5,10-12,24-26,28H,6-9H2,1-3H3. The summed E-state index contributed by atoms with van der Waals surface area (Å²) >= 11 is 0. The Labute approximate surface area is 174 Å². The highest BCUT2D eigenvalue weighted by atomic mass is 16.3. The molecule has 0 bridgehead atoms. The zero-order valence-corrected chi connectivity index (χ0v) is 17.4. The maximum atomic E-state index is 13.1. The highest BCUT2D eigenvalue weighted by molar-refractivity contribution is 6.62. The number of aromatic hydroxyl groups is 1. The molecule has 30 heavy (non-hydrogen) atoms. The van der Waals surface area contributed by atoms with Gasteiger partial charge in [-0.25, -0.2) is 0 Å². The first-order valence-corrected chi connectivity index (χ1v) is 10.0. The molecule has 2 aromatic heterocycles. The first-order valence-electron chi connectivity index (χ1n) is 10.0. The number of allylic oxidation sites excluding steroid dienone is 1. The first-order chi connectivity index (χ1) is 14.4. The molecule has 156 valence electrons. The van der Waals surface area contributed by atoms with Gasteiger partial charge in [0.05, 0.1) is 16.8 Å². The van der Waals surface area contributed by atoms with Gasteiger partial charge >= 0.3 is 0 Å². The number of nitrogens with one attached hydrogen (secondary N) is 3. The number of nitrogens with zero attached hydrogens (tertiary/aromatic N) is 1. The fourth-order valence-corrected chi connectivity index (χ4v) is 4.03. The molecule has 0 aliphatic heterocycles. The van der Waals surface area contributed by atoms with Gasteiger partial charge in [0.25, 0.3) is 0 Å². The van der Waals surface area contributed by atoms with Crippen molar-refractivity contribution in [2.24, 2.45) is 0 Å². The molecule has 0 fully saturated rings. The normalized spacial score (nSPS) is 13.9. The van der Waals surface area contributed by atoms with E-state index in [9.17, 15) is 14.7 Å². The van der Waals surface area contributed by atoms with E-state index in [1.54, 1.807) is 18.2 Å². The second-order valence-corrected chi connectivity index (χ2v) is 7.92. The van der Waals surface area contributed by atoms with Gasteiger partial charge in [0.1, 0.15) is 5.75 Å². The fourth-order valence-electron chi connectivity index (χ4n) is 4.03. The van der Waals surface area contributed by atoms with Crippen molar-refractivity contribution in [3.63, 3.8) is 0 Å². The van der Waals surface area contributed by atoms with E-state index in [1.807, 2.05) is 38.4 Å². The number of hydrogen-bond donors (Lipinski definition) is 4. The summed E-state index contributed by atoms with van der Waals surface area (Å²) in [5.74, 6) is -0.852. The SMILES string of the molecule is CNCCc1c[nH]c2c(C3=Cc4[nH]cc(CCN(C)C)c4C(=O)C3=O)ccc(O)c12. The average molecular weight is 406 g/mol. The maximum Gasteiger partial charge on any atom is 0.235 e. The molecule has 0 saturated heterocycles. The molecule has 0 spiro atoms. The number of aromatic nitrogens is 2. The molecule has 3 aromatic rings. The number of aromatic amines is 2. The largest absolute Gasteiger partial charge is 0.507 e. The Kier molecular flexibility index (Phi) is 5.32. The molecule has 7 nitrogen and oxygen atoms in total. The van der Waals surface area contributed by atoms with Gasteiger partial charge in [0.2, 0.25) is 11.6 Å². The monoisotopic (exact) mass is 406 g/mol. The van der Waals surface area contributed by atoms with Crippen LogP contribution in [0, 0.1) is 0 Å². The summed E-state index contributed by atoms with van der Waals surface area (Å²) in [6, 6.07) is 3.27. The molecule has 1 aliphatic rings. The van der Waals surface area contributed by atoms with Crippen LogP contribution in [0.25, 0.3) is 22.6 Å². The molecule has 0 unspecified atom stereocenters. The number of Topliss-reactive ketones (excluding diaryl/α,β-unsaturated/α-hetero) is 2. The van der Waals surface area contributed by atoms with Gasteiger partial charge in [-0.15, -0.1) is 0 Å². The molecule has 2 heterocycles. The third kappa shape index (κ3) is 3.36.